The van der Waals surface area contributed by atoms with E-state index >= 15 is 0 Å². The molecule has 0 saturated carbocycles. The molecule has 146 valence electrons. The molecule has 2 fully saturated rings. The van der Waals surface area contributed by atoms with Gasteiger partial charge in [0.15, 0.2) is 17.5 Å². The number of fused-ring (bicyclic) bond motifs is 1. The first-order valence-electron chi connectivity index (χ1n) is 10.1. The highest BCUT2D eigenvalue weighted by Gasteiger charge is 2.26. The SMILES string of the molecule is Cc1nc(CN2CCN(c3nc4ccccc4nc3N3CCCC3)CC2)n[nH]1. The molecule has 3 aromatic rings. The van der Waals surface area contributed by atoms with Gasteiger partial charge in [0.05, 0.1) is 17.6 Å². The maximum absolute atomic E-state index is 5.03. The molecule has 0 bridgehead atoms. The number of nitrogens with zero attached hydrogens (tertiary/aromatic N) is 7. The molecule has 2 aromatic heterocycles. The molecule has 1 aromatic carbocycles. The van der Waals surface area contributed by atoms with Gasteiger partial charge in [-0.2, -0.15) is 5.10 Å². The number of rotatable bonds is 4. The van der Waals surface area contributed by atoms with E-state index in [9.17, 15) is 0 Å². The number of hydrogen-bond acceptors (Lipinski definition) is 7. The number of benzene rings is 1. The second-order valence-electron chi connectivity index (χ2n) is 7.65. The number of nitrogens with one attached hydrogen (secondary N) is 1. The maximum atomic E-state index is 5.03. The monoisotopic (exact) mass is 378 g/mol. The average Bonchev–Trinajstić information content (AvgIpc) is 3.40. The molecule has 0 spiro atoms. The number of piperazine rings is 1. The number of aromatic amines is 1. The topological polar surface area (TPSA) is 77.1 Å². The molecule has 0 amide bonds. The molecule has 2 saturated heterocycles. The predicted octanol–water partition coefficient (Wildman–Crippen LogP) is 1.98. The molecule has 2 aliphatic heterocycles. The average molecular weight is 378 g/mol. The third-order valence-electron chi connectivity index (χ3n) is 5.62. The second kappa shape index (κ2) is 7.35. The first kappa shape index (κ1) is 17.4. The largest absolute Gasteiger partial charge is 0.354 e. The first-order valence-corrected chi connectivity index (χ1v) is 10.1. The van der Waals surface area contributed by atoms with Crippen LogP contribution in [0.2, 0.25) is 0 Å². The minimum absolute atomic E-state index is 0.792. The van der Waals surface area contributed by atoms with Gasteiger partial charge in [-0.05, 0) is 31.9 Å². The summed E-state index contributed by atoms with van der Waals surface area (Å²) in [5.41, 5.74) is 1.95. The Bertz CT molecular complexity index is 954. The van der Waals surface area contributed by atoms with Gasteiger partial charge in [0, 0.05) is 39.3 Å². The lowest BCUT2D eigenvalue weighted by Gasteiger charge is -2.36. The van der Waals surface area contributed by atoms with E-state index in [0.717, 1.165) is 80.1 Å². The van der Waals surface area contributed by atoms with Gasteiger partial charge in [0.2, 0.25) is 0 Å². The predicted molar refractivity (Wildman–Crippen MR) is 110 cm³/mol. The summed E-state index contributed by atoms with van der Waals surface area (Å²) < 4.78 is 0. The fourth-order valence-electron chi connectivity index (χ4n) is 4.11. The molecule has 2 aliphatic rings. The fraction of sp³-hybridized carbons (Fsp3) is 0.500. The minimum Gasteiger partial charge on any atom is -0.354 e. The van der Waals surface area contributed by atoms with Crippen molar-refractivity contribution in [3.63, 3.8) is 0 Å². The van der Waals surface area contributed by atoms with Crippen molar-refractivity contribution in [2.45, 2.75) is 26.3 Å². The summed E-state index contributed by atoms with van der Waals surface area (Å²) in [6.07, 6.45) is 2.47. The Morgan fingerprint density at radius 3 is 2.00 bits per heavy atom. The highest BCUT2D eigenvalue weighted by molar-refractivity contribution is 5.81. The van der Waals surface area contributed by atoms with Crippen LogP contribution in [0.25, 0.3) is 11.0 Å². The van der Waals surface area contributed by atoms with E-state index in [0.29, 0.717) is 0 Å². The van der Waals surface area contributed by atoms with Crippen molar-refractivity contribution in [1.29, 1.82) is 0 Å². The summed E-state index contributed by atoms with van der Waals surface area (Å²) in [6.45, 7) is 8.71. The molecule has 8 nitrogen and oxygen atoms in total. The third-order valence-corrected chi connectivity index (χ3v) is 5.62. The van der Waals surface area contributed by atoms with Gasteiger partial charge in [-0.3, -0.25) is 10.00 Å². The van der Waals surface area contributed by atoms with Crippen LogP contribution in [0.15, 0.2) is 24.3 Å². The molecule has 0 radical (unpaired) electrons. The zero-order chi connectivity index (χ0) is 18.9. The van der Waals surface area contributed by atoms with Gasteiger partial charge in [0.25, 0.3) is 0 Å². The molecule has 0 unspecified atom stereocenters. The summed E-state index contributed by atoms with van der Waals surface area (Å²) in [6, 6.07) is 8.19. The standard InChI is InChI=1S/C20H26N8/c1-15-21-18(25-24-15)14-26-10-12-28(13-11-26)20-19(27-8-4-5-9-27)22-16-6-2-3-7-17(16)23-20/h2-3,6-7H,4-5,8-14H2,1H3,(H,21,24,25). The highest BCUT2D eigenvalue weighted by atomic mass is 15.3. The van der Waals surface area contributed by atoms with Crippen LogP contribution in [0.4, 0.5) is 11.6 Å². The second-order valence-corrected chi connectivity index (χ2v) is 7.65. The van der Waals surface area contributed by atoms with Crippen molar-refractivity contribution in [2.75, 3.05) is 49.1 Å². The van der Waals surface area contributed by atoms with Gasteiger partial charge in [0.1, 0.15) is 5.82 Å². The number of aromatic nitrogens is 5. The number of para-hydroxylation sites is 2. The quantitative estimate of drug-likeness (QED) is 0.744. The van der Waals surface area contributed by atoms with E-state index in [4.69, 9.17) is 9.97 Å². The molecule has 5 rings (SSSR count). The lowest BCUT2D eigenvalue weighted by molar-refractivity contribution is 0.244. The molecular formula is C20H26N8. The molecule has 8 heteroatoms. The van der Waals surface area contributed by atoms with Crippen molar-refractivity contribution in [2.24, 2.45) is 0 Å². The van der Waals surface area contributed by atoms with E-state index in [-0.39, 0.29) is 0 Å². The van der Waals surface area contributed by atoms with Crippen LogP contribution in [-0.4, -0.2) is 69.3 Å². The van der Waals surface area contributed by atoms with Gasteiger partial charge >= 0.3 is 0 Å². The fourth-order valence-corrected chi connectivity index (χ4v) is 4.11. The summed E-state index contributed by atoms with van der Waals surface area (Å²) in [5.74, 6) is 3.83. The summed E-state index contributed by atoms with van der Waals surface area (Å²) in [5, 5.41) is 7.19. The lowest BCUT2D eigenvalue weighted by atomic mass is 10.2. The van der Waals surface area contributed by atoms with E-state index in [1.807, 2.05) is 19.1 Å². The Hall–Kier alpha value is -2.74. The van der Waals surface area contributed by atoms with Crippen molar-refractivity contribution in [3.8, 4) is 0 Å². The maximum Gasteiger partial charge on any atom is 0.172 e. The van der Waals surface area contributed by atoms with Crippen molar-refractivity contribution >= 4 is 22.7 Å². The van der Waals surface area contributed by atoms with Crippen LogP contribution in [0.3, 0.4) is 0 Å². The van der Waals surface area contributed by atoms with Gasteiger partial charge in [-0.15, -0.1) is 0 Å². The molecule has 28 heavy (non-hydrogen) atoms. The van der Waals surface area contributed by atoms with Crippen LogP contribution in [0.5, 0.6) is 0 Å². The van der Waals surface area contributed by atoms with Crippen molar-refractivity contribution in [3.05, 3.63) is 35.9 Å². The molecule has 0 atom stereocenters. The molecule has 1 N–H and O–H groups in total. The highest BCUT2D eigenvalue weighted by Crippen LogP contribution is 2.31. The Morgan fingerprint density at radius 2 is 1.43 bits per heavy atom. The van der Waals surface area contributed by atoms with Gasteiger partial charge in [-0.1, -0.05) is 12.1 Å². The summed E-state index contributed by atoms with van der Waals surface area (Å²) in [4.78, 5) is 21.7. The van der Waals surface area contributed by atoms with E-state index in [1.165, 1.54) is 12.8 Å². The normalized spacial score (nSPS) is 18.3. The number of aryl methyl sites for hydroxylation is 1. The Labute approximate surface area is 164 Å². The Balaban J connectivity index is 1.37. The van der Waals surface area contributed by atoms with Crippen molar-refractivity contribution < 1.29 is 0 Å². The Kier molecular flexibility index (Phi) is 4.56. The Morgan fingerprint density at radius 1 is 0.821 bits per heavy atom. The smallest absolute Gasteiger partial charge is 0.172 e. The molecular weight excluding hydrogens is 352 g/mol. The van der Waals surface area contributed by atoms with Gasteiger partial charge in [-0.25, -0.2) is 15.0 Å². The van der Waals surface area contributed by atoms with Crippen molar-refractivity contribution in [1.82, 2.24) is 30.0 Å². The van der Waals surface area contributed by atoms with E-state index < -0.39 is 0 Å². The van der Waals surface area contributed by atoms with Crippen LogP contribution < -0.4 is 9.80 Å². The van der Waals surface area contributed by atoms with Crippen LogP contribution in [0, 0.1) is 6.92 Å². The van der Waals surface area contributed by atoms with Crippen LogP contribution in [0.1, 0.15) is 24.5 Å². The zero-order valence-electron chi connectivity index (χ0n) is 16.3. The summed E-state index contributed by atoms with van der Waals surface area (Å²) >= 11 is 0. The first-order chi connectivity index (χ1) is 13.8. The molecule has 4 heterocycles. The number of anilines is 2. The zero-order valence-corrected chi connectivity index (χ0v) is 16.3. The van der Waals surface area contributed by atoms with Crippen LogP contribution >= 0.6 is 0 Å². The van der Waals surface area contributed by atoms with E-state index in [2.05, 4.69) is 42.0 Å². The molecule has 0 aliphatic carbocycles. The number of hydrogen-bond donors (Lipinski definition) is 1. The van der Waals surface area contributed by atoms with Gasteiger partial charge < -0.3 is 9.80 Å². The van der Waals surface area contributed by atoms with E-state index in [1.54, 1.807) is 0 Å². The number of H-pyrrole nitrogens is 1. The minimum atomic E-state index is 0.792. The van der Waals surface area contributed by atoms with Crippen LogP contribution in [-0.2, 0) is 6.54 Å². The summed E-state index contributed by atoms with van der Waals surface area (Å²) in [7, 11) is 0. The lowest BCUT2D eigenvalue weighted by Crippen LogP contribution is -2.47. The third kappa shape index (κ3) is 3.40.